The number of hydrogen-bond acceptors (Lipinski definition) is 2. The Labute approximate surface area is 142 Å². The van der Waals surface area contributed by atoms with Crippen LogP contribution in [0.25, 0.3) is 5.57 Å². The molecule has 0 spiro atoms. The number of hydrogen-bond donors (Lipinski definition) is 0. The first-order valence-electron chi connectivity index (χ1n) is 8.25. The summed E-state index contributed by atoms with van der Waals surface area (Å²) in [5.74, 6) is 0.735. The second-order valence-corrected chi connectivity index (χ2v) is 5.93. The van der Waals surface area contributed by atoms with Gasteiger partial charge in [0, 0.05) is 25.2 Å². The molecule has 2 aromatic carbocycles. The van der Waals surface area contributed by atoms with E-state index in [2.05, 4.69) is 23.6 Å². The van der Waals surface area contributed by atoms with E-state index in [1.165, 1.54) is 23.3 Å². The van der Waals surface area contributed by atoms with Crippen LogP contribution in [0.15, 0.2) is 67.3 Å². The Morgan fingerprint density at radius 2 is 1.92 bits per heavy atom. The molecule has 0 saturated carbocycles. The third-order valence-electron chi connectivity index (χ3n) is 4.23. The van der Waals surface area contributed by atoms with E-state index in [0.29, 0.717) is 6.61 Å². The van der Waals surface area contributed by atoms with Gasteiger partial charge in [0.05, 0.1) is 0 Å². The highest BCUT2D eigenvalue weighted by Gasteiger charge is 2.15. The molecule has 0 N–H and O–H groups in total. The van der Waals surface area contributed by atoms with E-state index in [4.69, 9.17) is 4.74 Å². The predicted molar refractivity (Wildman–Crippen MR) is 96.4 cm³/mol. The average molecular weight is 323 g/mol. The van der Waals surface area contributed by atoms with Crippen LogP contribution in [0.4, 0.5) is 4.39 Å². The molecule has 0 radical (unpaired) electrons. The smallest absolute Gasteiger partial charge is 0.124 e. The van der Waals surface area contributed by atoms with E-state index in [1.807, 2.05) is 30.3 Å². The van der Waals surface area contributed by atoms with Crippen LogP contribution in [0.1, 0.15) is 17.5 Å². The first kappa shape index (κ1) is 16.5. The molecule has 2 nitrogen and oxygen atoms in total. The van der Waals surface area contributed by atoms with Gasteiger partial charge >= 0.3 is 0 Å². The molecule has 0 bridgehead atoms. The van der Waals surface area contributed by atoms with Gasteiger partial charge in [0.25, 0.3) is 0 Å². The van der Waals surface area contributed by atoms with Crippen LogP contribution < -0.4 is 4.74 Å². The standard InChI is InChI=1S/C21H22FNO/c1-2-15-24-21-6-4-3-5-19(21)16-23-13-11-18(12-14-23)17-7-9-20(22)10-8-17/h2-11H,1,12-16H2. The van der Waals surface area contributed by atoms with Crippen molar-refractivity contribution >= 4 is 5.57 Å². The number of nitrogens with zero attached hydrogens (tertiary/aromatic N) is 1. The number of para-hydroxylation sites is 1. The van der Waals surface area contributed by atoms with Gasteiger partial charge in [-0.3, -0.25) is 4.90 Å². The van der Waals surface area contributed by atoms with Crippen LogP contribution in [0.3, 0.4) is 0 Å². The summed E-state index contributed by atoms with van der Waals surface area (Å²) < 4.78 is 18.8. The van der Waals surface area contributed by atoms with Gasteiger partial charge in [-0.25, -0.2) is 4.39 Å². The molecule has 24 heavy (non-hydrogen) atoms. The molecule has 0 amide bonds. The summed E-state index contributed by atoms with van der Waals surface area (Å²) in [5.41, 5.74) is 3.60. The Kier molecular flexibility index (Phi) is 5.44. The Bertz CT molecular complexity index is 721. The minimum Gasteiger partial charge on any atom is -0.489 e. The molecule has 3 heteroatoms. The van der Waals surface area contributed by atoms with Crippen molar-refractivity contribution in [2.45, 2.75) is 13.0 Å². The molecule has 1 aliphatic rings. The number of rotatable bonds is 6. The fourth-order valence-corrected chi connectivity index (χ4v) is 2.95. The zero-order valence-electron chi connectivity index (χ0n) is 13.7. The second kappa shape index (κ2) is 7.93. The van der Waals surface area contributed by atoms with Crippen LogP contribution in [0, 0.1) is 5.82 Å². The van der Waals surface area contributed by atoms with Crippen molar-refractivity contribution in [2.75, 3.05) is 19.7 Å². The van der Waals surface area contributed by atoms with Crippen molar-refractivity contribution < 1.29 is 9.13 Å². The topological polar surface area (TPSA) is 12.5 Å². The lowest BCUT2D eigenvalue weighted by Gasteiger charge is -2.27. The van der Waals surface area contributed by atoms with Gasteiger partial charge in [0.1, 0.15) is 18.2 Å². The summed E-state index contributed by atoms with van der Waals surface area (Å²) >= 11 is 0. The Balaban J connectivity index is 1.65. The van der Waals surface area contributed by atoms with Gasteiger partial charge in [0.15, 0.2) is 0 Å². The lowest BCUT2D eigenvalue weighted by atomic mass is 9.99. The summed E-state index contributed by atoms with van der Waals surface area (Å²) in [6.45, 7) is 6.95. The summed E-state index contributed by atoms with van der Waals surface area (Å²) in [6, 6.07) is 14.9. The van der Waals surface area contributed by atoms with Crippen molar-refractivity contribution in [3.8, 4) is 5.75 Å². The third-order valence-corrected chi connectivity index (χ3v) is 4.23. The Hall–Kier alpha value is -2.39. The molecule has 0 unspecified atom stereocenters. The molecule has 0 aliphatic carbocycles. The highest BCUT2D eigenvalue weighted by Crippen LogP contribution is 2.25. The fraction of sp³-hybridized carbons (Fsp3) is 0.238. The van der Waals surface area contributed by atoms with Crippen molar-refractivity contribution in [1.82, 2.24) is 4.90 Å². The summed E-state index contributed by atoms with van der Waals surface area (Å²) in [5, 5.41) is 0. The van der Waals surface area contributed by atoms with Crippen molar-refractivity contribution in [1.29, 1.82) is 0 Å². The molecule has 1 heterocycles. The first-order valence-corrected chi connectivity index (χ1v) is 8.25. The van der Waals surface area contributed by atoms with Gasteiger partial charge in [-0.1, -0.05) is 49.1 Å². The van der Waals surface area contributed by atoms with E-state index < -0.39 is 0 Å². The summed E-state index contributed by atoms with van der Waals surface area (Å²) in [4.78, 5) is 2.39. The maximum atomic E-state index is 13.0. The quantitative estimate of drug-likeness (QED) is 0.716. The van der Waals surface area contributed by atoms with Crippen LogP contribution >= 0.6 is 0 Å². The lowest BCUT2D eigenvalue weighted by Crippen LogP contribution is -2.28. The van der Waals surface area contributed by atoms with Gasteiger partial charge < -0.3 is 4.74 Å². The Morgan fingerprint density at radius 3 is 2.62 bits per heavy atom. The van der Waals surface area contributed by atoms with Crippen LogP contribution in [0.5, 0.6) is 5.75 Å². The highest BCUT2D eigenvalue weighted by molar-refractivity contribution is 5.66. The Morgan fingerprint density at radius 1 is 1.12 bits per heavy atom. The number of ether oxygens (including phenoxy) is 1. The van der Waals surface area contributed by atoms with Crippen molar-refractivity contribution in [3.63, 3.8) is 0 Å². The first-order chi connectivity index (χ1) is 11.8. The van der Waals surface area contributed by atoms with Gasteiger partial charge in [0.2, 0.25) is 0 Å². The largest absolute Gasteiger partial charge is 0.489 e. The van der Waals surface area contributed by atoms with E-state index in [-0.39, 0.29) is 5.82 Å². The molecule has 2 aromatic rings. The van der Waals surface area contributed by atoms with E-state index in [9.17, 15) is 4.39 Å². The molecule has 1 aliphatic heterocycles. The molecule has 3 rings (SSSR count). The second-order valence-electron chi connectivity index (χ2n) is 5.93. The number of halogens is 1. The molecule has 0 saturated heterocycles. The van der Waals surface area contributed by atoms with E-state index in [0.717, 1.165) is 37.4 Å². The van der Waals surface area contributed by atoms with E-state index in [1.54, 1.807) is 6.08 Å². The minimum absolute atomic E-state index is 0.187. The highest BCUT2D eigenvalue weighted by atomic mass is 19.1. The molecular formula is C21H22FNO. The van der Waals surface area contributed by atoms with Gasteiger partial charge in [-0.2, -0.15) is 0 Å². The zero-order valence-corrected chi connectivity index (χ0v) is 13.7. The SMILES string of the molecule is C=CCOc1ccccc1CN1CC=C(c2ccc(F)cc2)CC1. The molecule has 124 valence electrons. The molecule has 0 aromatic heterocycles. The molecule has 0 atom stereocenters. The average Bonchev–Trinajstić information content (AvgIpc) is 2.62. The van der Waals surface area contributed by atoms with Gasteiger partial charge in [-0.05, 0) is 35.8 Å². The monoisotopic (exact) mass is 323 g/mol. The maximum absolute atomic E-state index is 13.0. The van der Waals surface area contributed by atoms with Crippen molar-refractivity contribution in [3.05, 3.63) is 84.2 Å². The van der Waals surface area contributed by atoms with Crippen molar-refractivity contribution in [2.24, 2.45) is 0 Å². The summed E-state index contributed by atoms with van der Waals surface area (Å²) in [6.07, 6.45) is 4.97. The minimum atomic E-state index is -0.187. The van der Waals surface area contributed by atoms with E-state index >= 15 is 0 Å². The van der Waals surface area contributed by atoms with Crippen LogP contribution in [-0.4, -0.2) is 24.6 Å². The molecule has 0 fully saturated rings. The number of benzene rings is 2. The normalized spacial score (nSPS) is 15.0. The zero-order chi connectivity index (χ0) is 16.8. The lowest BCUT2D eigenvalue weighted by molar-refractivity contribution is 0.284. The summed E-state index contributed by atoms with van der Waals surface area (Å²) in [7, 11) is 0. The third kappa shape index (κ3) is 4.12. The maximum Gasteiger partial charge on any atom is 0.124 e. The fourth-order valence-electron chi connectivity index (χ4n) is 2.95. The molecular weight excluding hydrogens is 301 g/mol. The van der Waals surface area contributed by atoms with Crippen LogP contribution in [-0.2, 0) is 6.54 Å². The predicted octanol–water partition coefficient (Wildman–Crippen LogP) is 4.68. The van der Waals surface area contributed by atoms with Crippen LogP contribution in [0.2, 0.25) is 0 Å². The van der Waals surface area contributed by atoms with Gasteiger partial charge in [-0.15, -0.1) is 0 Å².